The Morgan fingerprint density at radius 3 is 2.38 bits per heavy atom. The second kappa shape index (κ2) is 10.2. The number of rotatable bonds is 10. The fourth-order valence-electron chi connectivity index (χ4n) is 5.17. The van der Waals surface area contributed by atoms with Crippen LogP contribution in [-0.2, 0) is 11.3 Å². The molecule has 4 rings (SSSR count). The van der Waals surface area contributed by atoms with Gasteiger partial charge in [-0.2, -0.15) is 0 Å². The smallest absolute Gasteiger partial charge is 0.184 e. The Balaban J connectivity index is 1.71. The molecule has 4 heteroatoms. The molecule has 172 valence electrons. The zero-order valence-electron chi connectivity index (χ0n) is 20.0. The number of hydrogen-bond donors (Lipinski definition) is 0. The Morgan fingerprint density at radius 1 is 0.906 bits per heavy atom. The van der Waals surface area contributed by atoms with Crippen LogP contribution in [-0.4, -0.2) is 47.1 Å². The molecular formula is C28H38N2O2. The molecule has 2 aromatic carbocycles. The van der Waals surface area contributed by atoms with Crippen LogP contribution in [0.25, 0.3) is 21.8 Å². The van der Waals surface area contributed by atoms with Crippen LogP contribution in [0.1, 0.15) is 69.7 Å². The van der Waals surface area contributed by atoms with Gasteiger partial charge in [0.05, 0.1) is 24.3 Å². The summed E-state index contributed by atoms with van der Waals surface area (Å²) < 4.78 is 7.94. The predicted octanol–water partition coefficient (Wildman–Crippen LogP) is 6.45. The van der Waals surface area contributed by atoms with Crippen LogP contribution in [0.2, 0.25) is 0 Å². The first-order chi connectivity index (χ1) is 15.6. The lowest BCUT2D eigenvalue weighted by molar-refractivity contribution is -0.00424. The van der Waals surface area contributed by atoms with Crippen molar-refractivity contribution in [3.63, 3.8) is 0 Å². The molecule has 4 nitrogen and oxygen atoms in total. The summed E-state index contributed by atoms with van der Waals surface area (Å²) in [5.41, 5.74) is 2.63. The van der Waals surface area contributed by atoms with E-state index < -0.39 is 5.54 Å². The Morgan fingerprint density at radius 2 is 1.59 bits per heavy atom. The Labute approximate surface area is 192 Å². The van der Waals surface area contributed by atoms with Gasteiger partial charge in [-0.1, -0.05) is 69.4 Å². The van der Waals surface area contributed by atoms with Gasteiger partial charge in [-0.15, -0.1) is 0 Å². The van der Waals surface area contributed by atoms with Crippen LogP contribution >= 0.6 is 0 Å². The van der Waals surface area contributed by atoms with E-state index in [4.69, 9.17) is 4.74 Å². The second-order valence-electron chi connectivity index (χ2n) is 9.63. The Kier molecular flexibility index (Phi) is 7.32. The molecule has 0 amide bonds. The maximum absolute atomic E-state index is 14.0. The topological polar surface area (TPSA) is 34.5 Å². The molecule has 1 saturated heterocycles. The minimum Gasteiger partial charge on any atom is -0.379 e. The molecule has 0 saturated carbocycles. The zero-order valence-corrected chi connectivity index (χ0v) is 20.0. The number of nitrogens with zero attached hydrogens (tertiary/aromatic N) is 2. The number of aryl methyl sites for hydroxylation is 1. The molecule has 1 fully saturated rings. The largest absolute Gasteiger partial charge is 0.379 e. The summed E-state index contributed by atoms with van der Waals surface area (Å²) in [6, 6.07) is 14.9. The monoisotopic (exact) mass is 434 g/mol. The summed E-state index contributed by atoms with van der Waals surface area (Å²) in [6.07, 6.45) is 7.60. The van der Waals surface area contributed by atoms with Gasteiger partial charge in [0.25, 0.3) is 0 Å². The van der Waals surface area contributed by atoms with E-state index in [2.05, 4.69) is 60.6 Å². The lowest BCUT2D eigenvalue weighted by Crippen LogP contribution is -2.54. The zero-order chi connectivity index (χ0) is 22.6. The third-order valence-electron chi connectivity index (χ3n) is 7.13. The summed E-state index contributed by atoms with van der Waals surface area (Å²) in [7, 11) is 0. The molecule has 0 unspecified atom stereocenters. The van der Waals surface area contributed by atoms with Crippen molar-refractivity contribution in [2.75, 3.05) is 26.3 Å². The summed E-state index contributed by atoms with van der Waals surface area (Å²) in [4.78, 5) is 16.2. The number of benzene rings is 2. The van der Waals surface area contributed by atoms with Gasteiger partial charge in [0, 0.05) is 41.5 Å². The van der Waals surface area contributed by atoms with Crippen molar-refractivity contribution in [2.45, 2.75) is 71.4 Å². The summed E-state index contributed by atoms with van der Waals surface area (Å²) in [5.74, 6) is 0.206. The Bertz CT molecular complexity index is 1060. The number of aromatic nitrogens is 1. The van der Waals surface area contributed by atoms with E-state index in [0.29, 0.717) is 13.2 Å². The average Bonchev–Trinajstić information content (AvgIpc) is 3.15. The third-order valence-corrected chi connectivity index (χ3v) is 7.13. The number of unbranched alkanes of at least 4 members (excludes halogenated alkanes) is 5. The van der Waals surface area contributed by atoms with E-state index in [-0.39, 0.29) is 5.78 Å². The molecule has 0 aliphatic carbocycles. The molecule has 1 aliphatic heterocycles. The fraction of sp³-hybridized carbons (Fsp3) is 0.536. The van der Waals surface area contributed by atoms with Crippen LogP contribution in [0.3, 0.4) is 0 Å². The second-order valence-corrected chi connectivity index (χ2v) is 9.63. The Hall–Kier alpha value is -2.17. The quantitative estimate of drug-likeness (QED) is 0.272. The average molecular weight is 435 g/mol. The van der Waals surface area contributed by atoms with Gasteiger partial charge in [0.15, 0.2) is 5.78 Å². The van der Waals surface area contributed by atoms with E-state index in [1.54, 1.807) is 0 Å². The highest BCUT2D eigenvalue weighted by molar-refractivity contribution is 6.18. The van der Waals surface area contributed by atoms with Gasteiger partial charge in [-0.3, -0.25) is 9.69 Å². The number of ketones is 1. The highest BCUT2D eigenvalue weighted by Crippen LogP contribution is 2.34. The lowest BCUT2D eigenvalue weighted by Gasteiger charge is -2.39. The predicted molar refractivity (Wildman–Crippen MR) is 134 cm³/mol. The van der Waals surface area contributed by atoms with Gasteiger partial charge in [0.2, 0.25) is 0 Å². The lowest BCUT2D eigenvalue weighted by atomic mass is 9.89. The number of para-hydroxylation sites is 2. The van der Waals surface area contributed by atoms with Crippen LogP contribution in [0.15, 0.2) is 42.5 Å². The molecule has 0 bridgehead atoms. The first kappa shape index (κ1) is 23.0. The van der Waals surface area contributed by atoms with Crippen LogP contribution < -0.4 is 0 Å². The molecule has 2 heterocycles. The van der Waals surface area contributed by atoms with Crippen molar-refractivity contribution < 1.29 is 9.53 Å². The van der Waals surface area contributed by atoms with Crippen molar-refractivity contribution in [3.05, 3.63) is 48.0 Å². The minimum absolute atomic E-state index is 0.206. The van der Waals surface area contributed by atoms with Crippen molar-refractivity contribution in [2.24, 2.45) is 0 Å². The summed E-state index contributed by atoms with van der Waals surface area (Å²) in [6.45, 7) is 10.3. The number of morpholine rings is 1. The van der Waals surface area contributed by atoms with Crippen molar-refractivity contribution in [3.8, 4) is 0 Å². The SMILES string of the molecule is CCCCCCCCn1c2ccccc2c2cccc(C(=O)C(C)(C)N3CCOCC3)c21. The highest BCUT2D eigenvalue weighted by Gasteiger charge is 2.37. The van der Waals surface area contributed by atoms with Crippen LogP contribution in [0.5, 0.6) is 0 Å². The van der Waals surface area contributed by atoms with Crippen molar-refractivity contribution in [1.82, 2.24) is 9.47 Å². The standard InChI is InChI=1S/C28H38N2O2/c1-4-5-6-7-8-11-17-30-25-16-10-9-13-22(25)23-14-12-15-24(26(23)30)27(31)28(2,3)29-18-20-32-21-19-29/h9-10,12-16H,4-8,11,17-21H2,1-3H3. The van der Waals surface area contributed by atoms with Crippen LogP contribution in [0.4, 0.5) is 0 Å². The fourth-order valence-corrected chi connectivity index (χ4v) is 5.17. The third kappa shape index (κ3) is 4.49. The van der Waals surface area contributed by atoms with Crippen LogP contribution in [0, 0.1) is 0 Å². The molecule has 0 spiro atoms. The van der Waals surface area contributed by atoms with Gasteiger partial charge in [-0.25, -0.2) is 0 Å². The highest BCUT2D eigenvalue weighted by atomic mass is 16.5. The molecule has 1 aliphatic rings. The molecule has 1 aromatic heterocycles. The molecule has 32 heavy (non-hydrogen) atoms. The van der Waals surface area contributed by atoms with Crippen molar-refractivity contribution in [1.29, 1.82) is 0 Å². The number of Topliss-reactive ketones (excluding diaryl/α,β-unsaturated/α-hetero) is 1. The first-order valence-corrected chi connectivity index (χ1v) is 12.4. The maximum atomic E-state index is 14.0. The van der Waals surface area contributed by atoms with Gasteiger partial charge in [-0.05, 0) is 32.4 Å². The number of hydrogen-bond acceptors (Lipinski definition) is 3. The van der Waals surface area contributed by atoms with E-state index in [1.807, 2.05) is 12.1 Å². The normalized spacial score (nSPS) is 15.6. The number of ether oxygens (including phenoxy) is 1. The van der Waals surface area contributed by atoms with Gasteiger partial charge < -0.3 is 9.30 Å². The molecule has 3 aromatic rings. The summed E-state index contributed by atoms with van der Waals surface area (Å²) in [5, 5.41) is 2.43. The van der Waals surface area contributed by atoms with Gasteiger partial charge in [0.1, 0.15) is 0 Å². The molecule has 0 N–H and O–H groups in total. The number of fused-ring (bicyclic) bond motifs is 3. The molecule has 0 radical (unpaired) electrons. The van der Waals surface area contributed by atoms with E-state index in [1.165, 1.54) is 48.4 Å². The minimum atomic E-state index is -0.556. The van der Waals surface area contributed by atoms with E-state index in [9.17, 15) is 4.79 Å². The van der Waals surface area contributed by atoms with E-state index >= 15 is 0 Å². The van der Waals surface area contributed by atoms with Crippen molar-refractivity contribution >= 4 is 27.6 Å². The molecule has 0 atom stereocenters. The number of carbonyl (C=O) groups is 1. The van der Waals surface area contributed by atoms with Gasteiger partial charge >= 0.3 is 0 Å². The summed E-state index contributed by atoms with van der Waals surface area (Å²) >= 11 is 0. The first-order valence-electron chi connectivity index (χ1n) is 12.4. The molecular weight excluding hydrogens is 396 g/mol. The maximum Gasteiger partial charge on any atom is 0.184 e. The number of carbonyl (C=O) groups excluding carboxylic acids is 1. The van der Waals surface area contributed by atoms with E-state index in [0.717, 1.165) is 37.1 Å².